The molecule has 2 bridgehead atoms. The first kappa shape index (κ1) is 17.7. The SMILES string of the molecule is O=C1[C@@H]2[C@H]3C[C@H](C4=Cc5sc(=O)[nH]c5S[C@H]43)[C@@H]2C(=O)N1/N=C\c1ccc(Cl)cc1. The number of amides is 2. The van der Waals surface area contributed by atoms with Crippen LogP contribution in [0.15, 0.2) is 44.8 Å². The fourth-order valence-corrected chi connectivity index (χ4v) is 7.75. The fourth-order valence-electron chi connectivity index (χ4n) is 5.19. The topological polar surface area (TPSA) is 82.6 Å². The number of nitrogens with one attached hydrogen (secondary N) is 1. The molecule has 9 heteroatoms. The first-order valence-electron chi connectivity index (χ1n) is 9.30. The van der Waals surface area contributed by atoms with Gasteiger partial charge in [-0.2, -0.15) is 10.1 Å². The van der Waals surface area contributed by atoms with E-state index in [9.17, 15) is 14.4 Å². The van der Waals surface area contributed by atoms with Crippen molar-refractivity contribution in [1.82, 2.24) is 9.99 Å². The van der Waals surface area contributed by atoms with E-state index in [-0.39, 0.29) is 45.6 Å². The van der Waals surface area contributed by atoms with Gasteiger partial charge in [-0.15, -0.1) is 0 Å². The summed E-state index contributed by atoms with van der Waals surface area (Å²) in [5.74, 6) is -0.922. The number of H-pyrrole nitrogens is 1. The van der Waals surface area contributed by atoms with Crippen molar-refractivity contribution in [3.63, 3.8) is 0 Å². The van der Waals surface area contributed by atoms with E-state index < -0.39 is 0 Å². The van der Waals surface area contributed by atoms with Crippen molar-refractivity contribution in [1.29, 1.82) is 0 Å². The van der Waals surface area contributed by atoms with Crippen molar-refractivity contribution < 1.29 is 9.59 Å². The number of carbonyl (C=O) groups excluding carboxylic acids is 2. The molecule has 1 aromatic carbocycles. The number of carbonyl (C=O) groups is 2. The van der Waals surface area contributed by atoms with Gasteiger partial charge in [0.2, 0.25) is 0 Å². The zero-order chi connectivity index (χ0) is 19.9. The lowest BCUT2D eigenvalue weighted by Gasteiger charge is -2.32. The molecule has 2 aliphatic carbocycles. The molecule has 2 saturated carbocycles. The standard InChI is InChI=1S/C20H14ClN3O3S2/c21-9-3-1-8(2-4-9)7-22-24-18(25)14-10-5-12(15(14)19(24)26)16-11(10)6-13-17(29-16)23-20(27)28-13/h1-4,6-7,10,12,14-16H,5H2,(H,23,27)/b22-7-/t10-,12-,14+,15-,16-/m1/s1. The minimum Gasteiger partial charge on any atom is -0.307 e. The summed E-state index contributed by atoms with van der Waals surface area (Å²) in [5, 5.41) is 6.92. The Balaban J connectivity index is 1.32. The number of hydrogen-bond acceptors (Lipinski definition) is 6. The second-order valence-electron chi connectivity index (χ2n) is 7.73. The highest BCUT2D eigenvalue weighted by atomic mass is 35.5. The van der Waals surface area contributed by atoms with Gasteiger partial charge in [0.25, 0.3) is 11.8 Å². The molecule has 29 heavy (non-hydrogen) atoms. The van der Waals surface area contributed by atoms with Crippen molar-refractivity contribution >= 4 is 58.8 Å². The molecule has 2 aromatic rings. The summed E-state index contributed by atoms with van der Waals surface area (Å²) >= 11 is 8.72. The Morgan fingerprint density at radius 1 is 1.14 bits per heavy atom. The number of nitrogens with zero attached hydrogens (tertiary/aromatic N) is 2. The largest absolute Gasteiger partial charge is 0.307 e. The highest BCUT2D eigenvalue weighted by molar-refractivity contribution is 8.00. The highest BCUT2D eigenvalue weighted by Crippen LogP contribution is 2.64. The lowest BCUT2D eigenvalue weighted by Crippen LogP contribution is -2.34. The van der Waals surface area contributed by atoms with Gasteiger partial charge in [0.1, 0.15) is 0 Å². The first-order chi connectivity index (χ1) is 14.0. The normalized spacial score (nSPS) is 32.0. The predicted octanol–water partition coefficient (Wildman–Crippen LogP) is 3.23. The molecule has 4 aliphatic rings. The van der Waals surface area contributed by atoms with Crippen LogP contribution in [0.25, 0.3) is 6.08 Å². The summed E-state index contributed by atoms with van der Waals surface area (Å²) in [6.45, 7) is 0. The van der Waals surface area contributed by atoms with Crippen molar-refractivity contribution in [2.75, 3.05) is 0 Å². The van der Waals surface area contributed by atoms with Crippen LogP contribution in [0.2, 0.25) is 5.02 Å². The Hall–Kier alpha value is -2.16. The van der Waals surface area contributed by atoms with Crippen LogP contribution in [0, 0.1) is 23.7 Å². The number of aromatic nitrogens is 1. The maximum Gasteiger partial charge on any atom is 0.305 e. The van der Waals surface area contributed by atoms with Gasteiger partial charge in [-0.1, -0.05) is 52.4 Å². The van der Waals surface area contributed by atoms with Crippen molar-refractivity contribution in [2.24, 2.45) is 28.8 Å². The molecule has 6 rings (SSSR count). The smallest absolute Gasteiger partial charge is 0.305 e. The second kappa shape index (κ2) is 6.17. The molecule has 0 spiro atoms. The number of hydrogen-bond donors (Lipinski definition) is 1. The number of aromatic amines is 1. The summed E-state index contributed by atoms with van der Waals surface area (Å²) in [6, 6.07) is 7.05. The average Bonchev–Trinajstić information content (AvgIpc) is 3.41. The zero-order valence-corrected chi connectivity index (χ0v) is 17.3. The Morgan fingerprint density at radius 2 is 1.90 bits per heavy atom. The van der Waals surface area contributed by atoms with Crippen LogP contribution in [-0.4, -0.2) is 33.3 Å². The van der Waals surface area contributed by atoms with Crippen LogP contribution in [0.3, 0.4) is 0 Å². The van der Waals surface area contributed by atoms with Gasteiger partial charge in [0, 0.05) is 10.3 Å². The number of benzene rings is 1. The third-order valence-electron chi connectivity index (χ3n) is 6.32. The van der Waals surface area contributed by atoms with E-state index in [1.165, 1.54) is 23.1 Å². The number of rotatable bonds is 2. The third-order valence-corrected chi connectivity index (χ3v) is 8.96. The van der Waals surface area contributed by atoms with Gasteiger partial charge < -0.3 is 4.98 Å². The summed E-state index contributed by atoms with van der Waals surface area (Å²) in [7, 11) is 0. The predicted molar refractivity (Wildman–Crippen MR) is 112 cm³/mol. The highest BCUT2D eigenvalue weighted by Gasteiger charge is 2.66. The van der Waals surface area contributed by atoms with Crippen LogP contribution in [0.1, 0.15) is 16.9 Å². The number of imide groups is 1. The van der Waals surface area contributed by atoms with Crippen molar-refractivity contribution in [2.45, 2.75) is 16.7 Å². The lowest BCUT2D eigenvalue weighted by atomic mass is 9.77. The van der Waals surface area contributed by atoms with Gasteiger partial charge in [-0.3, -0.25) is 14.4 Å². The van der Waals surface area contributed by atoms with Gasteiger partial charge in [0.15, 0.2) is 0 Å². The number of fused-ring (bicyclic) bond motifs is 9. The second-order valence-corrected chi connectivity index (χ2v) is 10.3. The Labute approximate surface area is 178 Å². The monoisotopic (exact) mass is 443 g/mol. The Kier molecular flexibility index (Phi) is 3.76. The molecular weight excluding hydrogens is 430 g/mol. The zero-order valence-electron chi connectivity index (χ0n) is 14.9. The van der Waals surface area contributed by atoms with Crippen LogP contribution in [-0.2, 0) is 9.59 Å². The van der Waals surface area contributed by atoms with E-state index in [1.54, 1.807) is 36.0 Å². The van der Waals surface area contributed by atoms with E-state index in [0.29, 0.717) is 5.02 Å². The molecule has 1 saturated heterocycles. The maximum absolute atomic E-state index is 13.1. The van der Waals surface area contributed by atoms with E-state index in [1.807, 2.05) is 0 Å². The van der Waals surface area contributed by atoms with Crippen molar-refractivity contribution in [3.8, 4) is 0 Å². The lowest BCUT2D eigenvalue weighted by molar-refractivity contribution is -0.140. The van der Waals surface area contributed by atoms with Crippen LogP contribution in [0.4, 0.5) is 0 Å². The number of hydrazone groups is 1. The molecule has 5 atom stereocenters. The molecule has 0 radical (unpaired) electrons. The Morgan fingerprint density at radius 3 is 2.69 bits per heavy atom. The van der Waals surface area contributed by atoms with E-state index in [0.717, 1.165) is 26.9 Å². The molecule has 6 nitrogen and oxygen atoms in total. The van der Waals surface area contributed by atoms with E-state index in [4.69, 9.17) is 11.6 Å². The minimum atomic E-state index is -0.338. The maximum atomic E-state index is 13.1. The van der Waals surface area contributed by atoms with Crippen LogP contribution >= 0.6 is 34.7 Å². The number of thiazole rings is 1. The molecule has 3 heterocycles. The van der Waals surface area contributed by atoms with Gasteiger partial charge in [-0.25, -0.2) is 0 Å². The van der Waals surface area contributed by atoms with Gasteiger partial charge in [-0.05, 0) is 42.0 Å². The number of thioether (sulfide) groups is 1. The van der Waals surface area contributed by atoms with Gasteiger partial charge in [0.05, 0.1) is 28.0 Å². The first-order valence-corrected chi connectivity index (χ1v) is 11.4. The van der Waals surface area contributed by atoms with Gasteiger partial charge >= 0.3 is 4.87 Å². The molecule has 1 N–H and O–H groups in total. The molecule has 2 aliphatic heterocycles. The summed E-state index contributed by atoms with van der Waals surface area (Å²) in [4.78, 5) is 41.6. The Bertz CT molecular complexity index is 1180. The molecule has 0 unspecified atom stereocenters. The average molecular weight is 444 g/mol. The van der Waals surface area contributed by atoms with Crippen molar-refractivity contribution in [3.05, 3.63) is 55.0 Å². The van der Waals surface area contributed by atoms with E-state index >= 15 is 0 Å². The van der Waals surface area contributed by atoms with E-state index in [2.05, 4.69) is 16.2 Å². The number of halogens is 1. The quantitative estimate of drug-likeness (QED) is 0.570. The summed E-state index contributed by atoms with van der Waals surface area (Å²) in [6.07, 6.45) is 4.44. The van der Waals surface area contributed by atoms with Crippen LogP contribution < -0.4 is 4.87 Å². The fraction of sp³-hybridized carbons (Fsp3) is 0.300. The molecule has 146 valence electrons. The molecule has 3 fully saturated rings. The third kappa shape index (κ3) is 2.49. The molecule has 2 amide bonds. The molecule has 1 aromatic heterocycles. The molecular formula is C20H14ClN3O3S2. The van der Waals surface area contributed by atoms with Crippen LogP contribution in [0.5, 0.6) is 0 Å². The summed E-state index contributed by atoms with van der Waals surface area (Å²) in [5.41, 5.74) is 1.98. The summed E-state index contributed by atoms with van der Waals surface area (Å²) < 4.78 is 0. The minimum absolute atomic E-state index is 0.0556.